The number of aromatic nitrogens is 2. The third-order valence-corrected chi connectivity index (χ3v) is 2.36. The van der Waals surface area contributed by atoms with Crippen molar-refractivity contribution in [1.82, 2.24) is 14.9 Å². The molecule has 0 spiro atoms. The Hall–Kier alpha value is -2.06. The lowest BCUT2D eigenvalue weighted by Crippen LogP contribution is -2.37. The number of alkyl halides is 3. The second kappa shape index (κ2) is 3.47. The van der Waals surface area contributed by atoms with Crippen molar-refractivity contribution in [3.05, 3.63) is 32.1 Å². The first-order chi connectivity index (χ1) is 7.79. The third-order valence-electron chi connectivity index (χ3n) is 2.36. The predicted octanol–water partition coefficient (Wildman–Crippen LogP) is -0.532. The highest BCUT2D eigenvalue weighted by Gasteiger charge is 2.44. The van der Waals surface area contributed by atoms with Gasteiger partial charge >= 0.3 is 17.8 Å². The average molecular weight is 249 g/mol. The summed E-state index contributed by atoms with van der Waals surface area (Å²) in [5.41, 5.74) is -1.57. The number of fused-ring (bicyclic) bond motifs is 1. The maximum atomic E-state index is 12.2. The van der Waals surface area contributed by atoms with Crippen molar-refractivity contribution in [3.8, 4) is 0 Å². The van der Waals surface area contributed by atoms with E-state index in [-0.39, 0.29) is 11.3 Å². The molecule has 1 amide bonds. The highest BCUT2D eigenvalue weighted by molar-refractivity contribution is 5.82. The van der Waals surface area contributed by atoms with E-state index in [9.17, 15) is 27.6 Å². The van der Waals surface area contributed by atoms with Gasteiger partial charge in [-0.3, -0.25) is 14.6 Å². The van der Waals surface area contributed by atoms with Gasteiger partial charge < -0.3 is 9.88 Å². The van der Waals surface area contributed by atoms with Gasteiger partial charge in [0.2, 0.25) is 0 Å². The summed E-state index contributed by atoms with van der Waals surface area (Å²) in [7, 11) is 0. The molecule has 2 rings (SSSR count). The standard InChI is InChI=1S/C8H6F3N3O3/c9-8(10,11)6(16)14-1-3-4(2-14)12-7(17)13-5(3)15/h1-2H2,(H2,12,13,15,17). The van der Waals surface area contributed by atoms with Gasteiger partial charge in [-0.05, 0) is 0 Å². The van der Waals surface area contributed by atoms with Crippen LogP contribution in [0, 0.1) is 0 Å². The maximum Gasteiger partial charge on any atom is 0.471 e. The normalized spacial score (nSPS) is 14.9. The quantitative estimate of drug-likeness (QED) is 0.648. The summed E-state index contributed by atoms with van der Waals surface area (Å²) in [4.78, 5) is 37.6. The lowest BCUT2D eigenvalue weighted by molar-refractivity contribution is -0.186. The van der Waals surface area contributed by atoms with Crippen molar-refractivity contribution in [2.45, 2.75) is 19.3 Å². The number of rotatable bonds is 0. The van der Waals surface area contributed by atoms with Gasteiger partial charge in [-0.15, -0.1) is 0 Å². The number of nitrogens with one attached hydrogen (secondary N) is 2. The first-order valence-electron chi connectivity index (χ1n) is 4.49. The van der Waals surface area contributed by atoms with Crippen LogP contribution >= 0.6 is 0 Å². The van der Waals surface area contributed by atoms with Crippen LogP contribution in [0.2, 0.25) is 0 Å². The first kappa shape index (κ1) is 11.4. The van der Waals surface area contributed by atoms with Gasteiger partial charge in [-0.2, -0.15) is 13.2 Å². The molecule has 0 radical (unpaired) electrons. The van der Waals surface area contributed by atoms with Crippen LogP contribution in [-0.2, 0) is 17.9 Å². The Morgan fingerprint density at radius 2 is 1.82 bits per heavy atom. The Morgan fingerprint density at radius 1 is 1.18 bits per heavy atom. The van der Waals surface area contributed by atoms with Crippen molar-refractivity contribution < 1.29 is 18.0 Å². The number of hydrogen-bond acceptors (Lipinski definition) is 3. The molecule has 0 saturated carbocycles. The Bertz CT molecular complexity index is 586. The van der Waals surface area contributed by atoms with Crippen LogP contribution in [0.5, 0.6) is 0 Å². The number of nitrogens with zero attached hydrogens (tertiary/aromatic N) is 1. The summed E-state index contributed by atoms with van der Waals surface area (Å²) in [6, 6.07) is 0. The van der Waals surface area contributed by atoms with E-state index in [4.69, 9.17) is 0 Å². The molecule has 0 aromatic carbocycles. The number of halogens is 3. The molecule has 2 N–H and O–H groups in total. The summed E-state index contributed by atoms with van der Waals surface area (Å²) in [6.45, 7) is -0.882. The molecule has 1 aromatic rings. The van der Waals surface area contributed by atoms with Crippen molar-refractivity contribution in [1.29, 1.82) is 0 Å². The van der Waals surface area contributed by atoms with E-state index >= 15 is 0 Å². The molecule has 9 heteroatoms. The largest absolute Gasteiger partial charge is 0.471 e. The zero-order valence-corrected chi connectivity index (χ0v) is 8.22. The molecule has 1 aromatic heterocycles. The summed E-state index contributed by atoms with van der Waals surface area (Å²) in [6.07, 6.45) is -4.99. The smallest absolute Gasteiger partial charge is 0.324 e. The van der Waals surface area contributed by atoms with E-state index in [2.05, 4.69) is 4.98 Å². The molecule has 0 atom stereocenters. The maximum absolute atomic E-state index is 12.2. The lowest BCUT2D eigenvalue weighted by atomic mass is 10.3. The highest BCUT2D eigenvalue weighted by Crippen LogP contribution is 2.24. The summed E-state index contributed by atoms with van der Waals surface area (Å²) >= 11 is 0. The van der Waals surface area contributed by atoms with Crippen molar-refractivity contribution in [2.75, 3.05) is 0 Å². The minimum absolute atomic E-state index is 0.0257. The zero-order valence-electron chi connectivity index (χ0n) is 8.22. The monoisotopic (exact) mass is 249 g/mol. The minimum atomic E-state index is -4.99. The summed E-state index contributed by atoms with van der Waals surface area (Å²) < 4.78 is 36.5. The second-order valence-corrected chi connectivity index (χ2v) is 3.52. The van der Waals surface area contributed by atoms with E-state index in [1.54, 1.807) is 0 Å². The summed E-state index contributed by atoms with van der Waals surface area (Å²) in [5, 5.41) is 0. The summed E-state index contributed by atoms with van der Waals surface area (Å²) in [5.74, 6) is -2.03. The van der Waals surface area contributed by atoms with Crippen LogP contribution in [0.4, 0.5) is 13.2 Å². The lowest BCUT2D eigenvalue weighted by Gasteiger charge is -2.16. The Morgan fingerprint density at radius 3 is 2.41 bits per heavy atom. The molecule has 0 bridgehead atoms. The number of hydrogen-bond donors (Lipinski definition) is 2. The van der Waals surface area contributed by atoms with Gasteiger partial charge in [0.1, 0.15) is 0 Å². The SMILES string of the molecule is O=C(N1Cc2[nH]c(=O)[nH]c(=O)c2C1)C(F)(F)F. The van der Waals surface area contributed by atoms with Gasteiger partial charge in [0.15, 0.2) is 0 Å². The zero-order chi connectivity index (χ0) is 12.8. The highest BCUT2D eigenvalue weighted by atomic mass is 19.4. The molecule has 0 unspecified atom stereocenters. The molecule has 2 heterocycles. The van der Waals surface area contributed by atoms with E-state index in [1.807, 2.05) is 4.98 Å². The Labute approximate surface area is 91.1 Å². The third kappa shape index (κ3) is 1.95. The number of amides is 1. The number of carbonyl (C=O) groups excluding carboxylic acids is 1. The van der Waals surface area contributed by atoms with Gasteiger partial charge in [0.05, 0.1) is 18.7 Å². The van der Waals surface area contributed by atoms with Crippen LogP contribution in [-0.4, -0.2) is 27.0 Å². The molecule has 0 fully saturated rings. The second-order valence-electron chi connectivity index (χ2n) is 3.52. The first-order valence-corrected chi connectivity index (χ1v) is 4.49. The van der Waals surface area contributed by atoms with Crippen LogP contribution in [0.15, 0.2) is 9.59 Å². The predicted molar refractivity (Wildman–Crippen MR) is 48.0 cm³/mol. The minimum Gasteiger partial charge on any atom is -0.324 e. The van der Waals surface area contributed by atoms with Gasteiger partial charge in [0.25, 0.3) is 5.56 Å². The van der Waals surface area contributed by atoms with E-state index in [0.717, 1.165) is 0 Å². The fraction of sp³-hybridized carbons (Fsp3) is 0.375. The Kier molecular flexibility index (Phi) is 2.33. The molecule has 6 nitrogen and oxygen atoms in total. The van der Waals surface area contributed by atoms with E-state index < -0.39 is 36.4 Å². The van der Waals surface area contributed by atoms with Crippen molar-refractivity contribution in [2.24, 2.45) is 0 Å². The van der Waals surface area contributed by atoms with Crippen molar-refractivity contribution >= 4 is 5.91 Å². The molecule has 0 saturated heterocycles. The number of aromatic amines is 2. The van der Waals surface area contributed by atoms with Gasteiger partial charge in [0, 0.05) is 5.69 Å². The fourth-order valence-corrected chi connectivity index (χ4v) is 1.62. The van der Waals surface area contributed by atoms with Crippen LogP contribution in [0.3, 0.4) is 0 Å². The molecule has 92 valence electrons. The molecular weight excluding hydrogens is 243 g/mol. The van der Waals surface area contributed by atoms with Crippen molar-refractivity contribution in [3.63, 3.8) is 0 Å². The van der Waals surface area contributed by atoms with Crippen LogP contribution < -0.4 is 11.2 Å². The number of H-pyrrole nitrogens is 2. The molecule has 1 aliphatic heterocycles. The average Bonchev–Trinajstić information content (AvgIpc) is 2.58. The molecule has 1 aliphatic rings. The molecule has 17 heavy (non-hydrogen) atoms. The topological polar surface area (TPSA) is 86.0 Å². The fourth-order valence-electron chi connectivity index (χ4n) is 1.62. The van der Waals surface area contributed by atoms with E-state index in [0.29, 0.717) is 4.90 Å². The van der Waals surface area contributed by atoms with Crippen LogP contribution in [0.25, 0.3) is 0 Å². The van der Waals surface area contributed by atoms with Gasteiger partial charge in [-0.25, -0.2) is 4.79 Å². The van der Waals surface area contributed by atoms with Crippen LogP contribution in [0.1, 0.15) is 11.3 Å². The van der Waals surface area contributed by atoms with Gasteiger partial charge in [-0.1, -0.05) is 0 Å². The molecular formula is C8H6F3N3O3. The van der Waals surface area contributed by atoms with E-state index in [1.165, 1.54) is 0 Å². The Balaban J connectivity index is 2.35. The number of carbonyl (C=O) groups is 1. The molecule has 0 aliphatic carbocycles.